The van der Waals surface area contributed by atoms with E-state index in [-0.39, 0.29) is 5.78 Å². The second-order valence-electron chi connectivity index (χ2n) is 5.73. The third-order valence-corrected chi connectivity index (χ3v) is 3.83. The molecule has 0 bridgehead atoms. The van der Waals surface area contributed by atoms with E-state index in [1.54, 1.807) is 78.9 Å². The lowest BCUT2D eigenvalue weighted by atomic mass is 10.0. The minimum absolute atomic E-state index is 0.201. The fourth-order valence-corrected chi connectivity index (χ4v) is 2.51. The van der Waals surface area contributed by atoms with Crippen LogP contribution in [0.3, 0.4) is 0 Å². The monoisotopic (exact) mass is 359 g/mol. The van der Waals surface area contributed by atoms with Crippen molar-refractivity contribution >= 4 is 23.3 Å². The highest BCUT2D eigenvalue weighted by molar-refractivity contribution is 6.13. The Balaban J connectivity index is 1.66. The molecule has 0 radical (unpaired) electrons. The van der Waals surface area contributed by atoms with E-state index < -0.39 is 18.5 Å². The normalized spacial score (nSPS) is 10.1. The van der Waals surface area contributed by atoms with Gasteiger partial charge in [0.2, 0.25) is 0 Å². The Hall–Kier alpha value is -3.73. The molecule has 3 aromatic carbocycles. The number of carbonyl (C=O) groups excluding carboxylic acids is 3. The molecule has 0 fully saturated rings. The van der Waals surface area contributed by atoms with E-state index in [0.29, 0.717) is 22.4 Å². The van der Waals surface area contributed by atoms with E-state index in [2.05, 4.69) is 5.32 Å². The first kappa shape index (κ1) is 18.1. The molecule has 1 N–H and O–H groups in total. The number of hydrogen-bond acceptors (Lipinski definition) is 4. The number of amides is 1. The fourth-order valence-electron chi connectivity index (χ4n) is 2.51. The van der Waals surface area contributed by atoms with Gasteiger partial charge in [0.05, 0.1) is 11.3 Å². The molecule has 5 heteroatoms. The van der Waals surface area contributed by atoms with E-state index in [1.807, 2.05) is 6.07 Å². The molecule has 27 heavy (non-hydrogen) atoms. The number of hydrogen-bond donors (Lipinski definition) is 1. The second-order valence-corrected chi connectivity index (χ2v) is 5.73. The Kier molecular flexibility index (Phi) is 5.74. The Bertz CT molecular complexity index is 952. The molecule has 5 nitrogen and oxygen atoms in total. The zero-order chi connectivity index (χ0) is 19.1. The van der Waals surface area contributed by atoms with Gasteiger partial charge in [-0.1, -0.05) is 60.7 Å². The summed E-state index contributed by atoms with van der Waals surface area (Å²) in [5.41, 5.74) is 1.62. The zero-order valence-corrected chi connectivity index (χ0v) is 14.4. The van der Waals surface area contributed by atoms with Crippen LogP contribution >= 0.6 is 0 Å². The summed E-state index contributed by atoms with van der Waals surface area (Å²) in [5.74, 6) is -1.31. The van der Waals surface area contributed by atoms with Gasteiger partial charge in [-0.15, -0.1) is 0 Å². The number of anilines is 1. The van der Waals surface area contributed by atoms with Gasteiger partial charge in [0.25, 0.3) is 5.91 Å². The van der Waals surface area contributed by atoms with Crippen molar-refractivity contribution in [1.82, 2.24) is 0 Å². The Labute approximate surface area is 156 Å². The second kappa shape index (κ2) is 8.58. The van der Waals surface area contributed by atoms with Crippen LogP contribution in [0.4, 0.5) is 5.69 Å². The largest absolute Gasteiger partial charge is 0.452 e. The number of benzene rings is 3. The van der Waals surface area contributed by atoms with Gasteiger partial charge in [0.15, 0.2) is 12.4 Å². The maximum Gasteiger partial charge on any atom is 0.338 e. The van der Waals surface area contributed by atoms with Gasteiger partial charge >= 0.3 is 5.97 Å². The molecule has 134 valence electrons. The molecule has 0 saturated carbocycles. The van der Waals surface area contributed by atoms with E-state index in [4.69, 9.17) is 4.74 Å². The molecule has 3 aromatic rings. The number of nitrogens with one attached hydrogen (secondary N) is 1. The van der Waals surface area contributed by atoms with Gasteiger partial charge in [0.1, 0.15) is 0 Å². The highest BCUT2D eigenvalue weighted by Gasteiger charge is 2.16. The molecular weight excluding hydrogens is 342 g/mol. The molecule has 0 saturated heterocycles. The van der Waals surface area contributed by atoms with Crippen molar-refractivity contribution in [3.8, 4) is 0 Å². The lowest BCUT2D eigenvalue weighted by Crippen LogP contribution is -2.22. The molecule has 0 aliphatic carbocycles. The molecule has 0 aromatic heterocycles. The SMILES string of the molecule is O=C(COC(=O)c1ccccc1)Nc1ccccc1C(=O)c1ccccc1. The van der Waals surface area contributed by atoms with Crippen molar-refractivity contribution in [1.29, 1.82) is 0 Å². The first-order valence-corrected chi connectivity index (χ1v) is 8.36. The zero-order valence-electron chi connectivity index (χ0n) is 14.4. The van der Waals surface area contributed by atoms with Crippen molar-refractivity contribution < 1.29 is 19.1 Å². The lowest BCUT2D eigenvalue weighted by molar-refractivity contribution is -0.119. The van der Waals surface area contributed by atoms with Crippen LogP contribution in [-0.2, 0) is 9.53 Å². The summed E-state index contributed by atoms with van der Waals surface area (Å²) in [6.07, 6.45) is 0. The van der Waals surface area contributed by atoms with Crippen molar-refractivity contribution in [2.24, 2.45) is 0 Å². The smallest absolute Gasteiger partial charge is 0.338 e. The third-order valence-electron chi connectivity index (χ3n) is 3.83. The summed E-state index contributed by atoms with van der Waals surface area (Å²) in [6, 6.07) is 23.9. The summed E-state index contributed by atoms with van der Waals surface area (Å²) < 4.78 is 5.01. The van der Waals surface area contributed by atoms with Gasteiger partial charge in [-0.25, -0.2) is 4.79 Å². The summed E-state index contributed by atoms with van der Waals surface area (Å²) in [4.78, 5) is 36.7. The Morgan fingerprint density at radius 3 is 1.93 bits per heavy atom. The van der Waals surface area contributed by atoms with E-state index in [1.165, 1.54) is 0 Å². The highest BCUT2D eigenvalue weighted by Crippen LogP contribution is 2.19. The molecule has 0 unspecified atom stereocenters. The molecular formula is C22H17NO4. The minimum Gasteiger partial charge on any atom is -0.452 e. The summed E-state index contributed by atoms with van der Waals surface area (Å²) in [7, 11) is 0. The quantitative estimate of drug-likeness (QED) is 0.538. The van der Waals surface area contributed by atoms with Crippen LogP contribution in [0.1, 0.15) is 26.3 Å². The summed E-state index contributed by atoms with van der Waals surface area (Å²) >= 11 is 0. The maximum absolute atomic E-state index is 12.7. The predicted molar refractivity (Wildman–Crippen MR) is 102 cm³/mol. The van der Waals surface area contributed by atoms with Gasteiger partial charge in [-0.3, -0.25) is 9.59 Å². The number of para-hydroxylation sites is 1. The number of rotatable bonds is 6. The maximum atomic E-state index is 12.7. The van der Waals surface area contributed by atoms with E-state index in [0.717, 1.165) is 0 Å². The molecule has 1 amide bonds. The van der Waals surface area contributed by atoms with Gasteiger partial charge < -0.3 is 10.1 Å². The van der Waals surface area contributed by atoms with Crippen LogP contribution in [-0.4, -0.2) is 24.3 Å². The van der Waals surface area contributed by atoms with Crippen molar-refractivity contribution in [2.45, 2.75) is 0 Å². The van der Waals surface area contributed by atoms with Crippen molar-refractivity contribution in [3.63, 3.8) is 0 Å². The van der Waals surface area contributed by atoms with E-state index in [9.17, 15) is 14.4 Å². The topological polar surface area (TPSA) is 72.5 Å². The van der Waals surface area contributed by atoms with Crippen LogP contribution in [0.2, 0.25) is 0 Å². The van der Waals surface area contributed by atoms with Crippen molar-refractivity contribution in [2.75, 3.05) is 11.9 Å². The standard InChI is InChI=1S/C22H17NO4/c24-20(15-27-22(26)17-11-5-2-6-12-17)23-19-14-8-7-13-18(19)21(25)16-9-3-1-4-10-16/h1-14H,15H2,(H,23,24). The van der Waals surface area contributed by atoms with Gasteiger partial charge in [-0.2, -0.15) is 0 Å². The molecule has 0 heterocycles. The van der Waals surface area contributed by atoms with E-state index >= 15 is 0 Å². The first-order chi connectivity index (χ1) is 13.1. The predicted octanol–water partition coefficient (Wildman–Crippen LogP) is 3.71. The molecule has 0 spiro atoms. The number of carbonyl (C=O) groups is 3. The first-order valence-electron chi connectivity index (χ1n) is 8.36. The number of ketones is 1. The summed E-state index contributed by atoms with van der Waals surface area (Å²) in [6.45, 7) is -0.443. The van der Waals surface area contributed by atoms with Crippen LogP contribution in [0, 0.1) is 0 Å². The van der Waals surface area contributed by atoms with Crippen LogP contribution < -0.4 is 5.32 Å². The molecule has 0 aliphatic rings. The van der Waals surface area contributed by atoms with Gasteiger partial charge in [0, 0.05) is 11.1 Å². The lowest BCUT2D eigenvalue weighted by Gasteiger charge is -2.11. The molecule has 3 rings (SSSR count). The highest BCUT2D eigenvalue weighted by atomic mass is 16.5. The number of ether oxygens (including phenoxy) is 1. The third kappa shape index (κ3) is 4.67. The Morgan fingerprint density at radius 2 is 1.26 bits per heavy atom. The van der Waals surface area contributed by atoms with Gasteiger partial charge in [-0.05, 0) is 24.3 Å². The average molecular weight is 359 g/mol. The van der Waals surface area contributed by atoms with Crippen molar-refractivity contribution in [3.05, 3.63) is 102 Å². The molecule has 0 atom stereocenters. The fraction of sp³-hybridized carbons (Fsp3) is 0.0455. The van der Waals surface area contributed by atoms with Crippen LogP contribution in [0.25, 0.3) is 0 Å². The van der Waals surface area contributed by atoms with Crippen LogP contribution in [0.5, 0.6) is 0 Å². The molecule has 0 aliphatic heterocycles. The van der Waals surface area contributed by atoms with Crippen LogP contribution in [0.15, 0.2) is 84.9 Å². The minimum atomic E-state index is -0.584. The summed E-state index contributed by atoms with van der Waals surface area (Å²) in [5, 5.41) is 2.63. The average Bonchev–Trinajstić information content (AvgIpc) is 2.73. The number of esters is 1. The Morgan fingerprint density at radius 1 is 0.704 bits per heavy atom.